The van der Waals surface area contributed by atoms with Crippen molar-refractivity contribution in [2.24, 2.45) is 5.92 Å². The number of ether oxygens (including phenoxy) is 1. The Morgan fingerprint density at radius 2 is 2.15 bits per heavy atom. The van der Waals surface area contributed by atoms with Crippen LogP contribution in [0, 0.1) is 5.92 Å². The zero-order valence-corrected chi connectivity index (χ0v) is 12.3. The average Bonchev–Trinajstić information content (AvgIpc) is 2.93. The summed E-state index contributed by atoms with van der Waals surface area (Å²) in [5.41, 5.74) is 0.896. The van der Waals surface area contributed by atoms with Gasteiger partial charge in [-0.1, -0.05) is 12.8 Å². The molecule has 110 valence electrons. The van der Waals surface area contributed by atoms with E-state index in [4.69, 9.17) is 4.74 Å². The Hall–Kier alpha value is -1.16. The lowest BCUT2D eigenvalue weighted by Gasteiger charge is -2.14. The summed E-state index contributed by atoms with van der Waals surface area (Å²) < 4.78 is 7.68. The highest BCUT2D eigenvalue weighted by Crippen LogP contribution is 2.35. The number of hydrogen-bond acceptors (Lipinski definition) is 3. The van der Waals surface area contributed by atoms with Gasteiger partial charge in [0.25, 0.3) is 0 Å². The lowest BCUT2D eigenvalue weighted by Crippen LogP contribution is -2.28. The van der Waals surface area contributed by atoms with Crippen LogP contribution < -0.4 is 0 Å². The van der Waals surface area contributed by atoms with E-state index in [1.807, 2.05) is 19.2 Å². The maximum Gasteiger partial charge on any atom is 0.167 e. The number of nitrogens with zero attached hydrogens (tertiary/aromatic N) is 2. The smallest absolute Gasteiger partial charge is 0.167 e. The molecule has 2 saturated carbocycles. The van der Waals surface area contributed by atoms with Crippen molar-refractivity contribution in [1.29, 1.82) is 0 Å². The summed E-state index contributed by atoms with van der Waals surface area (Å²) in [4.78, 5) is 12.3. The van der Waals surface area contributed by atoms with Crippen LogP contribution in [-0.4, -0.2) is 28.3 Å². The van der Waals surface area contributed by atoms with Crippen molar-refractivity contribution in [3.8, 4) is 0 Å². The largest absolute Gasteiger partial charge is 0.370 e. The van der Waals surface area contributed by atoms with E-state index < -0.39 is 0 Å². The molecule has 4 heteroatoms. The highest BCUT2D eigenvalue weighted by atomic mass is 16.5. The Balaban J connectivity index is 1.60. The molecule has 3 rings (SSSR count). The van der Waals surface area contributed by atoms with E-state index in [1.165, 1.54) is 25.7 Å². The maximum absolute atomic E-state index is 12.3. The Morgan fingerprint density at radius 3 is 2.80 bits per heavy atom. The molecule has 1 unspecified atom stereocenters. The van der Waals surface area contributed by atoms with Crippen LogP contribution in [0.25, 0.3) is 0 Å². The van der Waals surface area contributed by atoms with Crippen LogP contribution >= 0.6 is 0 Å². The summed E-state index contributed by atoms with van der Waals surface area (Å²) in [7, 11) is 0. The molecule has 1 atom stereocenters. The summed E-state index contributed by atoms with van der Waals surface area (Å²) >= 11 is 0. The Morgan fingerprint density at radius 1 is 1.40 bits per heavy atom. The first-order chi connectivity index (χ1) is 9.78. The molecule has 2 fully saturated rings. The van der Waals surface area contributed by atoms with Gasteiger partial charge in [-0.3, -0.25) is 9.48 Å². The first-order valence-corrected chi connectivity index (χ1v) is 7.96. The van der Waals surface area contributed by atoms with E-state index in [2.05, 4.69) is 9.78 Å². The topological polar surface area (TPSA) is 44.1 Å². The molecule has 2 aliphatic carbocycles. The van der Waals surface area contributed by atoms with Crippen LogP contribution in [-0.2, 0) is 16.0 Å². The second kappa shape index (κ2) is 6.08. The minimum atomic E-state index is -0.198. The fourth-order valence-electron chi connectivity index (χ4n) is 3.19. The SMILES string of the molecule is CCOC(C(=O)Cc1ccn(C2CCCC2)n1)C1CC1. The van der Waals surface area contributed by atoms with Crippen molar-refractivity contribution in [2.45, 2.75) is 64.0 Å². The lowest BCUT2D eigenvalue weighted by atomic mass is 10.1. The van der Waals surface area contributed by atoms with Crippen molar-refractivity contribution in [2.75, 3.05) is 6.61 Å². The van der Waals surface area contributed by atoms with Gasteiger partial charge in [0.05, 0.1) is 18.2 Å². The minimum absolute atomic E-state index is 0.198. The normalized spacial score (nSPS) is 21.2. The fraction of sp³-hybridized carbons (Fsp3) is 0.750. The average molecular weight is 276 g/mol. The third-order valence-corrected chi connectivity index (χ3v) is 4.43. The van der Waals surface area contributed by atoms with Gasteiger partial charge in [-0.05, 0) is 44.6 Å². The second-order valence-electron chi connectivity index (χ2n) is 6.08. The molecule has 1 heterocycles. The van der Waals surface area contributed by atoms with Crippen molar-refractivity contribution in [3.05, 3.63) is 18.0 Å². The number of carbonyl (C=O) groups excluding carboxylic acids is 1. The van der Waals surface area contributed by atoms with E-state index in [1.54, 1.807) is 0 Å². The van der Waals surface area contributed by atoms with E-state index in [-0.39, 0.29) is 11.9 Å². The predicted molar refractivity (Wildman–Crippen MR) is 76.6 cm³/mol. The van der Waals surface area contributed by atoms with Crippen LogP contribution in [0.15, 0.2) is 12.3 Å². The van der Waals surface area contributed by atoms with Crippen LogP contribution in [0.5, 0.6) is 0 Å². The highest BCUT2D eigenvalue weighted by molar-refractivity contribution is 5.85. The molecule has 4 nitrogen and oxygen atoms in total. The third kappa shape index (κ3) is 3.11. The van der Waals surface area contributed by atoms with Gasteiger partial charge in [-0.15, -0.1) is 0 Å². The number of rotatable bonds is 7. The maximum atomic E-state index is 12.3. The molecule has 0 aliphatic heterocycles. The molecule has 0 bridgehead atoms. The third-order valence-electron chi connectivity index (χ3n) is 4.43. The van der Waals surface area contributed by atoms with Crippen LogP contribution in [0.2, 0.25) is 0 Å². The number of aromatic nitrogens is 2. The fourth-order valence-corrected chi connectivity index (χ4v) is 3.19. The molecule has 0 saturated heterocycles. The monoisotopic (exact) mass is 276 g/mol. The molecule has 0 N–H and O–H groups in total. The molecule has 1 aromatic rings. The summed E-state index contributed by atoms with van der Waals surface area (Å²) in [5, 5.41) is 4.59. The van der Waals surface area contributed by atoms with Gasteiger partial charge in [0.1, 0.15) is 6.10 Å². The first-order valence-electron chi connectivity index (χ1n) is 7.96. The zero-order chi connectivity index (χ0) is 13.9. The molecule has 0 aromatic carbocycles. The predicted octanol–water partition coefficient (Wildman–Crippen LogP) is 2.92. The Labute approximate surface area is 120 Å². The summed E-state index contributed by atoms with van der Waals surface area (Å²) in [6.07, 6.45) is 9.56. The summed E-state index contributed by atoms with van der Waals surface area (Å²) in [6, 6.07) is 2.54. The van der Waals surface area contributed by atoms with Crippen LogP contribution in [0.3, 0.4) is 0 Å². The summed E-state index contributed by atoms with van der Waals surface area (Å²) in [6.45, 7) is 2.57. The van der Waals surface area contributed by atoms with E-state index in [0.29, 0.717) is 25.0 Å². The molecular weight excluding hydrogens is 252 g/mol. The number of Topliss-reactive ketones (excluding diaryl/α,β-unsaturated/α-hetero) is 1. The number of hydrogen-bond donors (Lipinski definition) is 0. The molecule has 2 aliphatic rings. The standard InChI is InChI=1S/C16H24N2O2/c1-2-20-16(12-7-8-12)15(19)11-13-9-10-18(17-13)14-5-3-4-6-14/h9-10,12,14,16H,2-8,11H2,1H3. The van der Waals surface area contributed by atoms with Gasteiger partial charge >= 0.3 is 0 Å². The van der Waals surface area contributed by atoms with Gasteiger partial charge in [0.2, 0.25) is 0 Å². The highest BCUT2D eigenvalue weighted by Gasteiger charge is 2.36. The van der Waals surface area contributed by atoms with Gasteiger partial charge in [-0.25, -0.2) is 0 Å². The van der Waals surface area contributed by atoms with Gasteiger partial charge < -0.3 is 4.74 Å². The van der Waals surface area contributed by atoms with Gasteiger partial charge in [0, 0.05) is 12.8 Å². The zero-order valence-electron chi connectivity index (χ0n) is 12.3. The molecule has 20 heavy (non-hydrogen) atoms. The minimum Gasteiger partial charge on any atom is -0.370 e. The van der Waals surface area contributed by atoms with E-state index in [0.717, 1.165) is 18.5 Å². The molecule has 0 radical (unpaired) electrons. The van der Waals surface area contributed by atoms with Crippen molar-refractivity contribution >= 4 is 5.78 Å². The van der Waals surface area contributed by atoms with E-state index >= 15 is 0 Å². The van der Waals surface area contributed by atoms with Crippen molar-refractivity contribution < 1.29 is 9.53 Å². The first kappa shape index (κ1) is 13.8. The van der Waals surface area contributed by atoms with Gasteiger partial charge in [-0.2, -0.15) is 5.10 Å². The lowest BCUT2D eigenvalue weighted by molar-refractivity contribution is -0.131. The second-order valence-corrected chi connectivity index (χ2v) is 6.08. The Kier molecular flexibility index (Phi) is 4.20. The van der Waals surface area contributed by atoms with E-state index in [9.17, 15) is 4.79 Å². The van der Waals surface area contributed by atoms with Gasteiger partial charge in [0.15, 0.2) is 5.78 Å². The van der Waals surface area contributed by atoms with Crippen molar-refractivity contribution in [1.82, 2.24) is 9.78 Å². The molecular formula is C16H24N2O2. The number of ketones is 1. The van der Waals surface area contributed by atoms with Crippen LogP contribution in [0.4, 0.5) is 0 Å². The van der Waals surface area contributed by atoms with Crippen molar-refractivity contribution in [3.63, 3.8) is 0 Å². The number of carbonyl (C=O) groups is 1. The molecule has 0 spiro atoms. The summed E-state index contributed by atoms with van der Waals surface area (Å²) in [5.74, 6) is 0.658. The molecule has 1 aromatic heterocycles. The van der Waals surface area contributed by atoms with Crippen LogP contribution in [0.1, 0.15) is 57.2 Å². The Bertz CT molecular complexity index is 459. The molecule has 0 amide bonds. The quantitative estimate of drug-likeness (QED) is 0.769.